The zero-order valence-electron chi connectivity index (χ0n) is 24.6. The van der Waals surface area contributed by atoms with Crippen molar-refractivity contribution in [2.45, 2.75) is 58.0 Å². The molecule has 0 bridgehead atoms. The van der Waals surface area contributed by atoms with Crippen molar-refractivity contribution in [2.24, 2.45) is 0 Å². The summed E-state index contributed by atoms with van der Waals surface area (Å²) in [6.45, 7) is 5.01. The topological polar surface area (TPSA) is 71.0 Å². The van der Waals surface area contributed by atoms with Crippen LogP contribution < -0.4 is 5.32 Å². The van der Waals surface area contributed by atoms with Crippen LogP contribution in [0.3, 0.4) is 0 Å². The number of carbonyl (C=O) groups is 1. The van der Waals surface area contributed by atoms with E-state index in [0.29, 0.717) is 6.54 Å². The van der Waals surface area contributed by atoms with E-state index in [1.54, 1.807) is 0 Å². The Morgan fingerprint density at radius 2 is 1.57 bits per heavy atom. The van der Waals surface area contributed by atoms with Gasteiger partial charge < -0.3 is 19.9 Å². The number of aliphatic hydroxyl groups is 1. The highest BCUT2D eigenvalue weighted by molar-refractivity contribution is 5.74. The number of nitrogens with zero attached hydrogens (tertiary/aromatic N) is 1. The van der Waals surface area contributed by atoms with Crippen LogP contribution in [0, 0.1) is 0 Å². The third kappa shape index (κ3) is 7.33. The lowest BCUT2D eigenvalue weighted by Crippen LogP contribution is -2.38. The molecule has 1 saturated heterocycles. The quantitative estimate of drug-likeness (QED) is 0.224. The van der Waals surface area contributed by atoms with E-state index >= 15 is 0 Å². The number of rotatable bonds is 10. The zero-order valence-corrected chi connectivity index (χ0v) is 24.6. The predicted octanol–water partition coefficient (Wildman–Crippen LogP) is 6.72. The van der Waals surface area contributed by atoms with Gasteiger partial charge >= 0.3 is 0 Å². The first-order valence-electron chi connectivity index (χ1n) is 14.6. The number of benzene rings is 4. The van der Waals surface area contributed by atoms with Crippen LogP contribution >= 0.6 is 0 Å². The van der Waals surface area contributed by atoms with Crippen LogP contribution in [0.5, 0.6) is 0 Å². The highest BCUT2D eigenvalue weighted by Crippen LogP contribution is 2.39. The van der Waals surface area contributed by atoms with Crippen LogP contribution in [0.4, 0.5) is 0 Å². The first-order chi connectivity index (χ1) is 20.4. The maximum absolute atomic E-state index is 11.5. The molecule has 2 N–H and O–H groups in total. The third-order valence-corrected chi connectivity index (χ3v) is 8.09. The molecule has 42 heavy (non-hydrogen) atoms. The summed E-state index contributed by atoms with van der Waals surface area (Å²) >= 11 is 0. The van der Waals surface area contributed by atoms with Gasteiger partial charge in [0, 0.05) is 38.0 Å². The van der Waals surface area contributed by atoms with Crippen molar-refractivity contribution in [3.05, 3.63) is 131 Å². The lowest BCUT2D eigenvalue weighted by molar-refractivity contribution is -0.253. The minimum atomic E-state index is -0.518. The van der Waals surface area contributed by atoms with Crippen molar-refractivity contribution < 1.29 is 19.4 Å². The average Bonchev–Trinajstić information content (AvgIpc) is 3.04. The van der Waals surface area contributed by atoms with Crippen LogP contribution in [0.1, 0.15) is 66.5 Å². The number of likely N-dealkylation sites (N-methyl/N-ethyl adjacent to an activating group) is 1. The molecule has 0 spiro atoms. The van der Waals surface area contributed by atoms with Crippen molar-refractivity contribution in [3.63, 3.8) is 0 Å². The van der Waals surface area contributed by atoms with Crippen molar-refractivity contribution in [2.75, 3.05) is 13.6 Å². The average molecular weight is 565 g/mol. The minimum absolute atomic E-state index is 0.0165. The van der Waals surface area contributed by atoms with Gasteiger partial charge in [0.05, 0.1) is 18.8 Å². The molecule has 4 aromatic rings. The summed E-state index contributed by atoms with van der Waals surface area (Å²) in [6, 6.07) is 35.2. The van der Waals surface area contributed by atoms with Gasteiger partial charge in [0.1, 0.15) is 0 Å². The minimum Gasteiger partial charge on any atom is -0.392 e. The molecule has 0 unspecified atom stereocenters. The molecule has 0 aliphatic carbocycles. The first-order valence-corrected chi connectivity index (χ1v) is 14.6. The van der Waals surface area contributed by atoms with Crippen molar-refractivity contribution >= 4 is 5.91 Å². The van der Waals surface area contributed by atoms with E-state index in [0.717, 1.165) is 46.3 Å². The number of carbonyl (C=O) groups excluding carboxylic acids is 1. The lowest BCUT2D eigenvalue weighted by Gasteiger charge is -2.39. The van der Waals surface area contributed by atoms with Crippen molar-refractivity contribution in [1.29, 1.82) is 0 Å². The SMILES string of the molecule is CC(=O)NCc1ccccc1-c1ccc([C@H]2O[C@@H](CN(C)[C@@H](C)c3ccccc3)C[C@@H](c3ccc(CO)cc3)O2)cc1. The second-order valence-electron chi connectivity index (χ2n) is 11.1. The molecule has 1 heterocycles. The van der Waals surface area contributed by atoms with E-state index in [-0.39, 0.29) is 30.8 Å². The summed E-state index contributed by atoms with van der Waals surface area (Å²) in [5, 5.41) is 12.4. The Kier molecular flexibility index (Phi) is 9.82. The van der Waals surface area contributed by atoms with Gasteiger partial charge in [-0.2, -0.15) is 0 Å². The second kappa shape index (κ2) is 13.9. The Hall–Kier alpha value is -3.81. The summed E-state index contributed by atoms with van der Waals surface area (Å²) in [5.74, 6) is -0.0503. The predicted molar refractivity (Wildman–Crippen MR) is 165 cm³/mol. The standard InChI is InChI=1S/C36H40N2O4/c1-25(28-9-5-4-6-10-28)38(3)23-33-21-35(30-15-13-27(24-39)14-16-30)42-36(41-33)31-19-17-29(18-20-31)34-12-8-7-11-32(34)22-37-26(2)40/h4-20,25,33,35-36,39H,21-24H2,1-3H3,(H,37,40)/t25-,33+,35-,36-/m0/s1. The number of ether oxygens (including phenoxy) is 2. The summed E-state index contributed by atoms with van der Waals surface area (Å²) in [7, 11) is 2.14. The van der Waals surface area contributed by atoms with Crippen LogP contribution in [0.15, 0.2) is 103 Å². The highest BCUT2D eigenvalue weighted by Gasteiger charge is 2.33. The van der Waals surface area contributed by atoms with E-state index in [1.165, 1.54) is 12.5 Å². The van der Waals surface area contributed by atoms with Crippen molar-refractivity contribution in [3.8, 4) is 11.1 Å². The van der Waals surface area contributed by atoms with Crippen LogP contribution in [0.2, 0.25) is 0 Å². The zero-order chi connectivity index (χ0) is 29.5. The smallest absolute Gasteiger partial charge is 0.217 e. The summed E-state index contributed by atoms with van der Waals surface area (Å²) in [4.78, 5) is 13.8. The van der Waals surface area contributed by atoms with Crippen LogP contribution in [0.25, 0.3) is 11.1 Å². The molecule has 1 aliphatic heterocycles. The van der Waals surface area contributed by atoms with Gasteiger partial charge in [-0.3, -0.25) is 9.69 Å². The maximum atomic E-state index is 11.5. The van der Waals surface area contributed by atoms with E-state index in [9.17, 15) is 9.90 Å². The Bertz CT molecular complexity index is 1440. The fourth-order valence-electron chi connectivity index (χ4n) is 5.49. The van der Waals surface area contributed by atoms with E-state index in [4.69, 9.17) is 9.47 Å². The van der Waals surface area contributed by atoms with Gasteiger partial charge in [-0.15, -0.1) is 0 Å². The van der Waals surface area contributed by atoms with Gasteiger partial charge in [0.2, 0.25) is 5.91 Å². The molecule has 0 aromatic heterocycles. The van der Waals surface area contributed by atoms with Gasteiger partial charge in [-0.25, -0.2) is 0 Å². The third-order valence-electron chi connectivity index (χ3n) is 8.09. The molecule has 6 nitrogen and oxygen atoms in total. The number of amides is 1. The monoisotopic (exact) mass is 564 g/mol. The molecule has 5 rings (SSSR count). The summed E-state index contributed by atoms with van der Waals surface area (Å²) in [6.07, 6.45) is 0.0333. The number of hydrogen-bond donors (Lipinski definition) is 2. The maximum Gasteiger partial charge on any atom is 0.217 e. The van der Waals surface area contributed by atoms with Crippen LogP contribution in [-0.4, -0.2) is 35.6 Å². The van der Waals surface area contributed by atoms with Gasteiger partial charge in [-0.1, -0.05) is 103 Å². The largest absolute Gasteiger partial charge is 0.392 e. The number of nitrogens with one attached hydrogen (secondary N) is 1. The molecule has 1 fully saturated rings. The van der Waals surface area contributed by atoms with Gasteiger partial charge in [0.15, 0.2) is 6.29 Å². The Labute approximate surface area is 248 Å². The molecule has 0 saturated carbocycles. The Morgan fingerprint density at radius 3 is 2.26 bits per heavy atom. The molecule has 6 heteroatoms. The summed E-state index contributed by atoms with van der Waals surface area (Å²) in [5.41, 5.74) is 7.40. The molecular weight excluding hydrogens is 524 g/mol. The molecule has 1 amide bonds. The number of hydrogen-bond acceptors (Lipinski definition) is 5. The number of aliphatic hydroxyl groups excluding tert-OH is 1. The Balaban J connectivity index is 1.37. The Morgan fingerprint density at radius 1 is 0.905 bits per heavy atom. The van der Waals surface area contributed by atoms with E-state index < -0.39 is 6.29 Å². The summed E-state index contributed by atoms with van der Waals surface area (Å²) < 4.78 is 13.2. The van der Waals surface area contributed by atoms with Crippen molar-refractivity contribution in [1.82, 2.24) is 10.2 Å². The second-order valence-corrected chi connectivity index (χ2v) is 11.1. The van der Waals surface area contributed by atoms with Gasteiger partial charge in [-0.05, 0) is 47.4 Å². The fraction of sp³-hybridized carbons (Fsp3) is 0.306. The molecule has 4 atom stereocenters. The fourth-order valence-corrected chi connectivity index (χ4v) is 5.49. The highest BCUT2D eigenvalue weighted by atomic mass is 16.7. The first kappa shape index (κ1) is 29.7. The molecular formula is C36H40N2O4. The van der Waals surface area contributed by atoms with Gasteiger partial charge in [0.25, 0.3) is 0 Å². The molecule has 4 aromatic carbocycles. The normalized spacial score (nSPS) is 19.4. The molecule has 0 radical (unpaired) electrons. The molecule has 218 valence electrons. The lowest BCUT2D eigenvalue weighted by atomic mass is 9.97. The van der Waals surface area contributed by atoms with E-state index in [2.05, 4.69) is 78.8 Å². The van der Waals surface area contributed by atoms with Crippen LogP contribution in [-0.2, 0) is 27.4 Å². The molecule has 1 aliphatic rings. The van der Waals surface area contributed by atoms with E-state index in [1.807, 2.05) is 48.5 Å².